The van der Waals surface area contributed by atoms with Crippen molar-refractivity contribution in [1.29, 1.82) is 0 Å². The number of carbonyl (C=O) groups is 1. The van der Waals surface area contributed by atoms with Gasteiger partial charge in [-0.3, -0.25) is 14.9 Å². The molecule has 0 atom stereocenters. The van der Waals surface area contributed by atoms with E-state index in [0.717, 1.165) is 23.3 Å². The Hall–Kier alpha value is -3.48. The Morgan fingerprint density at radius 3 is 3.00 bits per heavy atom. The van der Waals surface area contributed by atoms with Crippen molar-refractivity contribution in [1.82, 2.24) is 20.6 Å². The molecule has 7 nitrogen and oxygen atoms in total. The highest BCUT2D eigenvalue weighted by Crippen LogP contribution is 2.28. The minimum absolute atomic E-state index is 0.314. The highest BCUT2D eigenvalue weighted by Gasteiger charge is 2.13. The zero-order valence-electron chi connectivity index (χ0n) is 14.3. The number of nitrogens with one attached hydrogen (secondary N) is 2. The third-order valence-electron chi connectivity index (χ3n) is 3.51. The first-order chi connectivity index (χ1) is 12.8. The quantitative estimate of drug-likeness (QED) is 0.506. The molecule has 132 valence electrons. The van der Waals surface area contributed by atoms with Crippen LogP contribution in [0.4, 0.5) is 0 Å². The predicted molar refractivity (Wildman–Crippen MR) is 99.1 cm³/mol. The molecule has 1 aromatic carbocycles. The number of carbonyl (C=O) groups excluding carboxylic acids is 1. The third kappa shape index (κ3) is 4.32. The molecule has 1 amide bonds. The van der Waals surface area contributed by atoms with Crippen LogP contribution < -0.4 is 10.2 Å². The van der Waals surface area contributed by atoms with Crippen LogP contribution in [0.15, 0.2) is 60.0 Å². The van der Waals surface area contributed by atoms with E-state index in [0.29, 0.717) is 18.0 Å². The lowest BCUT2D eigenvalue weighted by Crippen LogP contribution is -2.18. The highest BCUT2D eigenvalue weighted by atomic mass is 16.5. The van der Waals surface area contributed by atoms with Gasteiger partial charge in [0, 0.05) is 23.5 Å². The minimum Gasteiger partial charge on any atom is -0.493 e. The summed E-state index contributed by atoms with van der Waals surface area (Å²) >= 11 is 0. The van der Waals surface area contributed by atoms with E-state index in [4.69, 9.17) is 4.74 Å². The number of aromatic amines is 1. The van der Waals surface area contributed by atoms with Crippen LogP contribution in [-0.4, -0.2) is 33.9 Å². The molecule has 3 aromatic rings. The summed E-state index contributed by atoms with van der Waals surface area (Å²) in [5, 5.41) is 10.9. The summed E-state index contributed by atoms with van der Waals surface area (Å²) in [4.78, 5) is 16.2. The number of rotatable bonds is 7. The zero-order valence-corrected chi connectivity index (χ0v) is 14.3. The van der Waals surface area contributed by atoms with Crippen molar-refractivity contribution < 1.29 is 9.53 Å². The lowest BCUT2D eigenvalue weighted by molar-refractivity contribution is 0.0950. The van der Waals surface area contributed by atoms with Gasteiger partial charge in [0.05, 0.1) is 18.5 Å². The molecule has 2 N–H and O–H groups in total. The van der Waals surface area contributed by atoms with Gasteiger partial charge in [0.25, 0.3) is 5.91 Å². The Balaban J connectivity index is 1.70. The lowest BCUT2D eigenvalue weighted by Gasteiger charge is -2.08. The van der Waals surface area contributed by atoms with Crippen LogP contribution in [0.5, 0.6) is 5.75 Å². The van der Waals surface area contributed by atoms with Gasteiger partial charge in [-0.1, -0.05) is 25.1 Å². The summed E-state index contributed by atoms with van der Waals surface area (Å²) in [6.07, 6.45) is 5.76. The number of benzene rings is 1. The summed E-state index contributed by atoms with van der Waals surface area (Å²) in [6.45, 7) is 2.67. The van der Waals surface area contributed by atoms with E-state index in [-0.39, 0.29) is 5.91 Å². The standard InChI is InChI=1S/C19H19N5O2/c1-2-10-26-18-8-4-3-7-15(18)16-11-17(23-22-16)19(25)24-21-13-14-6-5-9-20-12-14/h3-9,11-13H,2,10H2,1H3,(H,22,23)(H,24,25)/b21-13+. The first-order valence-electron chi connectivity index (χ1n) is 8.29. The van der Waals surface area contributed by atoms with E-state index in [1.807, 2.05) is 37.3 Å². The van der Waals surface area contributed by atoms with Crippen molar-refractivity contribution in [2.45, 2.75) is 13.3 Å². The molecule has 0 aliphatic rings. The smallest absolute Gasteiger partial charge is 0.289 e. The first kappa shape index (κ1) is 17.3. The molecule has 0 saturated heterocycles. The van der Waals surface area contributed by atoms with E-state index in [1.54, 1.807) is 24.5 Å². The van der Waals surface area contributed by atoms with Crippen molar-refractivity contribution in [2.75, 3.05) is 6.61 Å². The number of hydrogen-bond donors (Lipinski definition) is 2. The molecule has 7 heteroatoms. The molecule has 3 rings (SSSR count). The summed E-state index contributed by atoms with van der Waals surface area (Å²) in [7, 11) is 0. The van der Waals surface area contributed by atoms with Crippen molar-refractivity contribution in [2.24, 2.45) is 5.10 Å². The number of aromatic nitrogens is 3. The van der Waals surface area contributed by atoms with Crippen LogP contribution in [0.1, 0.15) is 29.4 Å². The average Bonchev–Trinajstić information content (AvgIpc) is 3.17. The van der Waals surface area contributed by atoms with Crippen LogP contribution in [0.25, 0.3) is 11.3 Å². The summed E-state index contributed by atoms with van der Waals surface area (Å²) in [5.41, 5.74) is 5.03. The van der Waals surface area contributed by atoms with Crippen LogP contribution >= 0.6 is 0 Å². The van der Waals surface area contributed by atoms with E-state index < -0.39 is 0 Å². The zero-order chi connectivity index (χ0) is 18.2. The number of H-pyrrole nitrogens is 1. The minimum atomic E-state index is -0.379. The maximum Gasteiger partial charge on any atom is 0.289 e. The van der Waals surface area contributed by atoms with Crippen molar-refractivity contribution in [3.05, 3.63) is 66.1 Å². The fourth-order valence-corrected chi connectivity index (χ4v) is 2.27. The molecule has 2 aromatic heterocycles. The summed E-state index contributed by atoms with van der Waals surface area (Å²) in [6, 6.07) is 12.9. The number of hydrazone groups is 1. The molecule has 26 heavy (non-hydrogen) atoms. The second-order valence-electron chi connectivity index (χ2n) is 5.50. The SMILES string of the molecule is CCCOc1ccccc1-c1cc(C(=O)N/N=C/c2cccnc2)[nH]n1. The molecular weight excluding hydrogens is 330 g/mol. The Morgan fingerprint density at radius 1 is 1.31 bits per heavy atom. The number of amides is 1. The predicted octanol–water partition coefficient (Wildman–Crippen LogP) is 3.02. The van der Waals surface area contributed by atoms with Gasteiger partial charge in [-0.15, -0.1) is 0 Å². The van der Waals surface area contributed by atoms with Gasteiger partial charge in [-0.25, -0.2) is 5.43 Å². The monoisotopic (exact) mass is 349 g/mol. The third-order valence-corrected chi connectivity index (χ3v) is 3.51. The Bertz CT molecular complexity index is 890. The molecular formula is C19H19N5O2. The number of para-hydroxylation sites is 1. The van der Waals surface area contributed by atoms with Gasteiger partial charge in [0.1, 0.15) is 11.4 Å². The lowest BCUT2D eigenvalue weighted by atomic mass is 10.1. The number of pyridine rings is 1. The van der Waals surface area contributed by atoms with Gasteiger partial charge < -0.3 is 4.74 Å². The number of ether oxygens (including phenoxy) is 1. The van der Waals surface area contributed by atoms with E-state index in [1.165, 1.54) is 6.21 Å². The number of nitrogens with zero attached hydrogens (tertiary/aromatic N) is 3. The van der Waals surface area contributed by atoms with Gasteiger partial charge >= 0.3 is 0 Å². The molecule has 0 aliphatic heterocycles. The molecule has 0 radical (unpaired) electrons. The van der Waals surface area contributed by atoms with Gasteiger partial charge in [-0.2, -0.15) is 10.2 Å². The van der Waals surface area contributed by atoms with Gasteiger partial charge in [-0.05, 0) is 30.7 Å². The Morgan fingerprint density at radius 2 is 2.19 bits per heavy atom. The second-order valence-corrected chi connectivity index (χ2v) is 5.50. The molecule has 0 aliphatic carbocycles. The average molecular weight is 349 g/mol. The second kappa shape index (κ2) is 8.57. The maximum atomic E-state index is 12.2. The van der Waals surface area contributed by atoms with Crippen LogP contribution in [-0.2, 0) is 0 Å². The molecule has 0 saturated carbocycles. The van der Waals surface area contributed by atoms with E-state index in [9.17, 15) is 4.79 Å². The first-order valence-corrected chi connectivity index (χ1v) is 8.29. The highest BCUT2D eigenvalue weighted by molar-refractivity contribution is 5.94. The molecule has 0 spiro atoms. The van der Waals surface area contributed by atoms with Gasteiger partial charge in [0.15, 0.2) is 0 Å². The van der Waals surface area contributed by atoms with Crippen molar-refractivity contribution >= 4 is 12.1 Å². The van der Waals surface area contributed by atoms with Crippen LogP contribution in [0.3, 0.4) is 0 Å². The Kier molecular flexibility index (Phi) is 5.72. The van der Waals surface area contributed by atoms with E-state index >= 15 is 0 Å². The fraction of sp³-hybridized carbons (Fsp3) is 0.158. The van der Waals surface area contributed by atoms with Crippen molar-refractivity contribution in [3.63, 3.8) is 0 Å². The number of hydrogen-bond acceptors (Lipinski definition) is 5. The summed E-state index contributed by atoms with van der Waals surface area (Å²) in [5.74, 6) is 0.359. The normalized spacial score (nSPS) is 10.8. The Labute approximate surface area is 151 Å². The molecule has 0 bridgehead atoms. The summed E-state index contributed by atoms with van der Waals surface area (Å²) < 4.78 is 5.74. The molecule has 0 fully saturated rings. The van der Waals surface area contributed by atoms with Crippen LogP contribution in [0, 0.1) is 0 Å². The largest absolute Gasteiger partial charge is 0.493 e. The van der Waals surface area contributed by atoms with Crippen molar-refractivity contribution in [3.8, 4) is 17.0 Å². The fourth-order valence-electron chi connectivity index (χ4n) is 2.27. The topological polar surface area (TPSA) is 92.3 Å². The van der Waals surface area contributed by atoms with Gasteiger partial charge in [0.2, 0.25) is 0 Å². The molecule has 2 heterocycles. The van der Waals surface area contributed by atoms with E-state index in [2.05, 4.69) is 25.7 Å². The molecule has 0 unspecified atom stereocenters. The van der Waals surface area contributed by atoms with Crippen LogP contribution in [0.2, 0.25) is 0 Å². The maximum absolute atomic E-state index is 12.2.